The van der Waals surface area contributed by atoms with E-state index in [1.54, 1.807) is 4.90 Å². The van der Waals surface area contributed by atoms with Crippen LogP contribution in [0.25, 0.3) is 0 Å². The van der Waals surface area contributed by atoms with Crippen LogP contribution in [-0.2, 0) is 15.7 Å². The number of anilines is 2. The molecule has 148 valence electrons. The summed E-state index contributed by atoms with van der Waals surface area (Å²) in [7, 11) is 1.38. The fourth-order valence-electron chi connectivity index (χ4n) is 4.22. The molecule has 10 heteroatoms. The monoisotopic (exact) mass is 496 g/mol. The molecule has 4 aliphatic rings. The van der Waals surface area contributed by atoms with E-state index < -0.39 is 11.9 Å². The second-order valence-corrected chi connectivity index (χ2v) is 8.87. The van der Waals surface area contributed by atoms with Gasteiger partial charge in [-0.3, -0.25) is 4.79 Å². The number of methoxy groups -OCH3 is 1. The van der Waals surface area contributed by atoms with Crippen LogP contribution in [0.3, 0.4) is 0 Å². The first-order chi connectivity index (χ1) is 12.8. The normalized spacial score (nSPS) is 29.8. The van der Waals surface area contributed by atoms with E-state index in [2.05, 4.69) is 32.6 Å². The molecule has 3 aliphatic heterocycles. The van der Waals surface area contributed by atoms with Crippen LogP contribution in [0.4, 0.5) is 24.9 Å². The van der Waals surface area contributed by atoms with E-state index in [9.17, 15) is 18.0 Å². The zero-order valence-corrected chi connectivity index (χ0v) is 16.9. The van der Waals surface area contributed by atoms with Crippen LogP contribution in [0, 0.1) is 17.8 Å². The minimum Gasteiger partial charge on any atom is -0.469 e. The van der Waals surface area contributed by atoms with Gasteiger partial charge in [-0.25, -0.2) is 4.98 Å². The summed E-state index contributed by atoms with van der Waals surface area (Å²) in [6.45, 7) is 1.89. The number of aromatic nitrogens is 2. The number of piperidine rings is 2. The highest BCUT2D eigenvalue weighted by Crippen LogP contribution is 2.48. The van der Waals surface area contributed by atoms with Gasteiger partial charge in [0.1, 0.15) is 5.82 Å². The first kappa shape index (κ1) is 19.0. The van der Waals surface area contributed by atoms with E-state index in [0.29, 0.717) is 31.9 Å². The lowest BCUT2D eigenvalue weighted by Gasteiger charge is -2.53. The summed E-state index contributed by atoms with van der Waals surface area (Å²) in [6, 6.07) is 1.05. The summed E-state index contributed by atoms with van der Waals surface area (Å²) in [6.07, 6.45) is -2.21. The summed E-state index contributed by atoms with van der Waals surface area (Å²) in [5.74, 6) is 1.09. The highest BCUT2D eigenvalue weighted by molar-refractivity contribution is 14.1. The Hall–Kier alpha value is -1.33. The second kappa shape index (κ2) is 6.93. The highest BCUT2D eigenvalue weighted by atomic mass is 127. The SMILES string of the molecule is COC(=O)CC1[C@@H]2C[C@H]1CN(c1cc(C(F)(F)F)nc(N3CC[C@@H]3I)n1)C2. The molecule has 1 aromatic heterocycles. The quantitative estimate of drug-likeness (QED) is 0.277. The first-order valence-electron chi connectivity index (χ1n) is 8.95. The Balaban J connectivity index is 1.55. The van der Waals surface area contributed by atoms with E-state index in [4.69, 9.17) is 4.74 Å². The zero-order valence-electron chi connectivity index (χ0n) is 14.7. The molecule has 4 atom stereocenters. The van der Waals surface area contributed by atoms with Crippen molar-refractivity contribution in [3.8, 4) is 0 Å². The molecule has 0 aromatic carbocycles. The van der Waals surface area contributed by atoms with Gasteiger partial charge < -0.3 is 14.5 Å². The number of halogens is 4. The molecule has 3 saturated heterocycles. The fourth-order valence-corrected chi connectivity index (χ4v) is 5.03. The molecule has 4 fully saturated rings. The summed E-state index contributed by atoms with van der Waals surface area (Å²) in [5, 5.41) is 0. The molecular weight excluding hydrogens is 476 g/mol. The molecule has 27 heavy (non-hydrogen) atoms. The minimum atomic E-state index is -4.51. The Bertz CT molecular complexity index is 735. The maximum atomic E-state index is 13.3. The zero-order chi connectivity index (χ0) is 19.3. The number of fused-ring (bicyclic) bond motifs is 2. The van der Waals surface area contributed by atoms with E-state index in [1.807, 2.05) is 4.90 Å². The maximum Gasteiger partial charge on any atom is 0.433 e. The molecule has 2 bridgehead atoms. The number of carbonyl (C=O) groups is 1. The Morgan fingerprint density at radius 2 is 2.04 bits per heavy atom. The average Bonchev–Trinajstić information content (AvgIpc) is 2.63. The number of rotatable bonds is 4. The fraction of sp³-hybridized carbons (Fsp3) is 0.706. The number of nitrogens with zero attached hydrogens (tertiary/aromatic N) is 4. The molecule has 1 saturated carbocycles. The van der Waals surface area contributed by atoms with E-state index in [-0.39, 0.29) is 33.7 Å². The predicted molar refractivity (Wildman–Crippen MR) is 101 cm³/mol. The van der Waals surface area contributed by atoms with Crippen LogP contribution < -0.4 is 9.80 Å². The summed E-state index contributed by atoms with van der Waals surface area (Å²) in [4.78, 5) is 23.5. The van der Waals surface area contributed by atoms with Gasteiger partial charge in [-0.1, -0.05) is 22.6 Å². The van der Waals surface area contributed by atoms with Crippen molar-refractivity contribution in [3.05, 3.63) is 11.8 Å². The summed E-state index contributed by atoms with van der Waals surface area (Å²) in [5.41, 5.74) is -0.900. The predicted octanol–water partition coefficient (Wildman–Crippen LogP) is 3.10. The van der Waals surface area contributed by atoms with E-state index >= 15 is 0 Å². The van der Waals surface area contributed by atoms with Crippen molar-refractivity contribution < 1.29 is 22.7 Å². The second-order valence-electron chi connectivity index (χ2n) is 7.43. The molecule has 6 nitrogen and oxygen atoms in total. The van der Waals surface area contributed by atoms with Gasteiger partial charge in [0.25, 0.3) is 0 Å². The number of hydrogen-bond acceptors (Lipinski definition) is 6. The van der Waals surface area contributed by atoms with E-state index in [0.717, 1.165) is 18.9 Å². The average molecular weight is 496 g/mol. The molecule has 0 amide bonds. The van der Waals surface area contributed by atoms with Crippen LogP contribution in [0.5, 0.6) is 0 Å². The standard InChI is InChI=1S/C17H20F3IN4O2/c1-27-15(26)5-11-9-4-10(11)8-24(7-9)14-6-12(17(18,19)20)22-16(23-14)25-3-2-13(25)21/h6,9-11,13H,2-5,7-8H2,1H3/t9-,10+,11?,13-/m1/s1. The molecule has 0 N–H and O–H groups in total. The van der Waals surface area contributed by atoms with Crippen molar-refractivity contribution in [1.82, 2.24) is 9.97 Å². The first-order valence-corrected chi connectivity index (χ1v) is 10.2. The smallest absolute Gasteiger partial charge is 0.433 e. The van der Waals surface area contributed by atoms with Crippen LogP contribution in [0.15, 0.2) is 6.07 Å². The van der Waals surface area contributed by atoms with Gasteiger partial charge in [-0.2, -0.15) is 18.2 Å². The number of esters is 1. The van der Waals surface area contributed by atoms with Gasteiger partial charge >= 0.3 is 12.1 Å². The van der Waals surface area contributed by atoms with E-state index in [1.165, 1.54) is 7.11 Å². The molecule has 1 aliphatic carbocycles. The molecule has 0 spiro atoms. The lowest BCUT2D eigenvalue weighted by molar-refractivity contribution is -0.145. The molecule has 4 heterocycles. The van der Waals surface area contributed by atoms with Crippen molar-refractivity contribution in [2.75, 3.05) is 36.5 Å². The third kappa shape index (κ3) is 3.56. The highest BCUT2D eigenvalue weighted by Gasteiger charge is 2.48. The number of carbonyl (C=O) groups excluding carboxylic acids is 1. The van der Waals surface area contributed by atoms with Crippen molar-refractivity contribution in [3.63, 3.8) is 0 Å². The van der Waals surface area contributed by atoms with Gasteiger partial charge in [0.05, 0.1) is 11.2 Å². The van der Waals surface area contributed by atoms with Gasteiger partial charge in [0, 0.05) is 32.1 Å². The summed E-state index contributed by atoms with van der Waals surface area (Å²) >= 11 is 2.19. The maximum absolute atomic E-state index is 13.3. The Morgan fingerprint density at radius 3 is 2.56 bits per heavy atom. The topological polar surface area (TPSA) is 58.6 Å². The number of hydrogen-bond donors (Lipinski definition) is 0. The largest absolute Gasteiger partial charge is 0.469 e. The lowest BCUT2D eigenvalue weighted by Crippen LogP contribution is -2.56. The molecule has 1 aromatic rings. The Labute approximate surface area is 168 Å². The van der Waals surface area contributed by atoms with Crippen molar-refractivity contribution in [1.29, 1.82) is 0 Å². The third-order valence-electron chi connectivity index (χ3n) is 5.87. The molecule has 1 unspecified atom stereocenters. The van der Waals surface area contributed by atoms with Crippen molar-refractivity contribution >= 4 is 40.3 Å². The minimum absolute atomic E-state index is 0.123. The van der Waals surface area contributed by atoms with Crippen molar-refractivity contribution in [2.24, 2.45) is 17.8 Å². The van der Waals surface area contributed by atoms with Crippen LogP contribution >= 0.6 is 22.6 Å². The number of alkyl halides is 4. The van der Waals surface area contributed by atoms with Gasteiger partial charge in [0.15, 0.2) is 5.69 Å². The Morgan fingerprint density at radius 1 is 1.33 bits per heavy atom. The van der Waals surface area contributed by atoms with Crippen LogP contribution in [0.1, 0.15) is 25.0 Å². The van der Waals surface area contributed by atoms with Crippen LogP contribution in [-0.4, -0.2) is 46.7 Å². The van der Waals surface area contributed by atoms with Crippen LogP contribution in [0.2, 0.25) is 0 Å². The molecular formula is C17H20F3IN4O2. The molecule has 5 rings (SSSR count). The van der Waals surface area contributed by atoms with Gasteiger partial charge in [0.2, 0.25) is 5.95 Å². The van der Waals surface area contributed by atoms with Crippen molar-refractivity contribution in [2.45, 2.75) is 29.5 Å². The van der Waals surface area contributed by atoms with Gasteiger partial charge in [-0.05, 0) is 30.6 Å². The number of ether oxygens (including phenoxy) is 1. The lowest BCUT2D eigenvalue weighted by atomic mass is 9.60. The van der Waals surface area contributed by atoms with Gasteiger partial charge in [-0.15, -0.1) is 0 Å². The Kier molecular flexibility index (Phi) is 4.88. The molecule has 0 radical (unpaired) electrons. The summed E-state index contributed by atoms with van der Waals surface area (Å²) < 4.78 is 44.9. The third-order valence-corrected chi connectivity index (χ3v) is 7.17.